The second-order valence-electron chi connectivity index (χ2n) is 4.56. The summed E-state index contributed by atoms with van der Waals surface area (Å²) < 4.78 is 6.39. The van der Waals surface area contributed by atoms with Gasteiger partial charge in [0.2, 0.25) is 0 Å². The normalized spacial score (nSPS) is 10.4. The van der Waals surface area contributed by atoms with Crippen LogP contribution in [0.15, 0.2) is 24.3 Å². The predicted molar refractivity (Wildman–Crippen MR) is 84.9 cm³/mol. The van der Waals surface area contributed by atoms with Crippen LogP contribution in [0.4, 0.5) is 0 Å². The molecule has 1 amide bonds. The molecule has 0 atom stereocenters. The first kappa shape index (κ1) is 17.0. The Labute approximate surface area is 138 Å². The van der Waals surface area contributed by atoms with Gasteiger partial charge in [-0.3, -0.25) is 4.79 Å². The number of ether oxygens (including phenoxy) is 1. The molecular formula is C15H17ClN4O3. The summed E-state index contributed by atoms with van der Waals surface area (Å²) >= 11 is 5.92. The van der Waals surface area contributed by atoms with Crippen LogP contribution in [0.3, 0.4) is 0 Å². The number of rotatable bonds is 6. The van der Waals surface area contributed by atoms with Crippen LogP contribution < -0.4 is 5.32 Å². The van der Waals surface area contributed by atoms with Crippen LogP contribution in [-0.4, -0.2) is 40.0 Å². The molecule has 1 aromatic carbocycles. The highest BCUT2D eigenvalue weighted by molar-refractivity contribution is 6.17. The van der Waals surface area contributed by atoms with Crippen molar-refractivity contribution in [3.05, 3.63) is 41.2 Å². The van der Waals surface area contributed by atoms with Gasteiger partial charge in [0.25, 0.3) is 5.91 Å². The largest absolute Gasteiger partial charge is 0.461 e. The fourth-order valence-corrected chi connectivity index (χ4v) is 2.24. The van der Waals surface area contributed by atoms with Crippen molar-refractivity contribution >= 4 is 23.5 Å². The molecule has 0 bridgehead atoms. The molecule has 0 saturated heterocycles. The van der Waals surface area contributed by atoms with Gasteiger partial charge in [0.1, 0.15) is 0 Å². The molecule has 0 spiro atoms. The van der Waals surface area contributed by atoms with Crippen LogP contribution in [0.25, 0.3) is 5.69 Å². The van der Waals surface area contributed by atoms with Gasteiger partial charge in [-0.1, -0.05) is 5.21 Å². The number of halogens is 1. The van der Waals surface area contributed by atoms with Crippen LogP contribution in [0.2, 0.25) is 0 Å². The lowest BCUT2D eigenvalue weighted by atomic mass is 10.2. The molecule has 1 N–H and O–H groups in total. The third-order valence-electron chi connectivity index (χ3n) is 3.07. The summed E-state index contributed by atoms with van der Waals surface area (Å²) in [5.41, 5.74) is 1.72. The standard InChI is InChI=1S/C15H17ClN4O3/c1-3-17-14(21)10-5-7-11(8-6-10)20-12(9-16)13(18-19-20)15(22)23-4-2/h5-8H,3-4,9H2,1-2H3,(H,17,21). The monoisotopic (exact) mass is 336 g/mol. The van der Waals surface area contributed by atoms with Crippen molar-refractivity contribution in [3.8, 4) is 5.69 Å². The molecule has 7 nitrogen and oxygen atoms in total. The quantitative estimate of drug-likeness (QED) is 0.643. The number of carbonyl (C=O) groups is 2. The van der Waals surface area contributed by atoms with E-state index in [0.717, 1.165) is 0 Å². The summed E-state index contributed by atoms with van der Waals surface area (Å²) in [4.78, 5) is 23.6. The fraction of sp³-hybridized carbons (Fsp3) is 0.333. The maximum absolute atomic E-state index is 11.8. The molecule has 8 heteroatoms. The van der Waals surface area contributed by atoms with E-state index < -0.39 is 5.97 Å². The van der Waals surface area contributed by atoms with Crippen LogP contribution >= 0.6 is 11.6 Å². The van der Waals surface area contributed by atoms with Gasteiger partial charge in [-0.2, -0.15) is 0 Å². The summed E-state index contributed by atoms with van der Waals surface area (Å²) in [7, 11) is 0. The first-order chi connectivity index (χ1) is 11.1. The Bertz CT molecular complexity index is 697. The average molecular weight is 337 g/mol. The molecule has 0 aliphatic carbocycles. The molecule has 23 heavy (non-hydrogen) atoms. The highest BCUT2D eigenvalue weighted by Crippen LogP contribution is 2.17. The molecule has 1 heterocycles. The first-order valence-electron chi connectivity index (χ1n) is 7.18. The van der Waals surface area contributed by atoms with E-state index in [1.165, 1.54) is 4.68 Å². The fourth-order valence-electron chi connectivity index (χ4n) is 2.00. The van der Waals surface area contributed by atoms with Gasteiger partial charge in [-0.25, -0.2) is 9.48 Å². The highest BCUT2D eigenvalue weighted by atomic mass is 35.5. The summed E-state index contributed by atoms with van der Waals surface area (Å²) in [5, 5.41) is 10.5. The zero-order valence-electron chi connectivity index (χ0n) is 12.9. The Morgan fingerprint density at radius 1 is 1.26 bits per heavy atom. The summed E-state index contributed by atoms with van der Waals surface area (Å²) in [6.45, 7) is 4.37. The molecule has 122 valence electrons. The van der Waals surface area contributed by atoms with E-state index in [4.69, 9.17) is 16.3 Å². The number of hydrogen-bond donors (Lipinski definition) is 1. The van der Waals surface area contributed by atoms with Crippen LogP contribution in [0.1, 0.15) is 40.4 Å². The van der Waals surface area contributed by atoms with Crippen molar-refractivity contribution in [2.45, 2.75) is 19.7 Å². The lowest BCUT2D eigenvalue weighted by molar-refractivity contribution is 0.0518. The number of aromatic nitrogens is 3. The van der Waals surface area contributed by atoms with Crippen molar-refractivity contribution in [2.75, 3.05) is 13.2 Å². The summed E-state index contributed by atoms with van der Waals surface area (Å²) in [5.74, 6) is -0.657. The number of amides is 1. The van der Waals surface area contributed by atoms with Gasteiger partial charge in [0, 0.05) is 12.1 Å². The Balaban J connectivity index is 2.31. The smallest absolute Gasteiger partial charge is 0.360 e. The molecule has 0 fully saturated rings. The SMILES string of the molecule is CCNC(=O)c1ccc(-n2nnc(C(=O)OCC)c2CCl)cc1. The maximum Gasteiger partial charge on any atom is 0.360 e. The lowest BCUT2D eigenvalue weighted by Gasteiger charge is -2.07. The molecule has 1 aromatic heterocycles. The first-order valence-corrected chi connectivity index (χ1v) is 7.72. The number of nitrogens with zero attached hydrogens (tertiary/aromatic N) is 3. The number of esters is 1. The molecule has 2 rings (SSSR count). The second-order valence-corrected chi connectivity index (χ2v) is 4.82. The predicted octanol–water partition coefficient (Wildman–Crippen LogP) is 1.93. The summed E-state index contributed by atoms with van der Waals surface area (Å²) in [6.07, 6.45) is 0. The molecule has 0 radical (unpaired) electrons. The summed E-state index contributed by atoms with van der Waals surface area (Å²) in [6, 6.07) is 6.77. The maximum atomic E-state index is 11.8. The Morgan fingerprint density at radius 3 is 2.52 bits per heavy atom. The minimum absolute atomic E-state index is 0.0548. The molecular weight excluding hydrogens is 320 g/mol. The molecule has 0 unspecified atom stereocenters. The zero-order valence-corrected chi connectivity index (χ0v) is 13.6. The minimum atomic E-state index is -0.562. The van der Waals surface area contributed by atoms with Gasteiger partial charge < -0.3 is 10.1 Å². The molecule has 2 aromatic rings. The van der Waals surface area contributed by atoms with E-state index in [-0.39, 0.29) is 24.1 Å². The Hall–Kier alpha value is -2.41. The van der Waals surface area contributed by atoms with E-state index in [0.29, 0.717) is 23.5 Å². The van der Waals surface area contributed by atoms with Crippen molar-refractivity contribution in [1.29, 1.82) is 0 Å². The van der Waals surface area contributed by atoms with Gasteiger partial charge >= 0.3 is 5.97 Å². The van der Waals surface area contributed by atoms with Crippen molar-refractivity contribution in [2.24, 2.45) is 0 Å². The lowest BCUT2D eigenvalue weighted by Crippen LogP contribution is -2.22. The van der Waals surface area contributed by atoms with Crippen LogP contribution in [-0.2, 0) is 10.6 Å². The third-order valence-corrected chi connectivity index (χ3v) is 3.32. The number of carbonyl (C=O) groups excluding carboxylic acids is 2. The second kappa shape index (κ2) is 7.73. The van der Waals surface area contributed by atoms with E-state index in [2.05, 4.69) is 15.6 Å². The van der Waals surface area contributed by atoms with Gasteiger partial charge in [0.15, 0.2) is 5.69 Å². The zero-order chi connectivity index (χ0) is 16.8. The van der Waals surface area contributed by atoms with E-state index in [9.17, 15) is 9.59 Å². The Morgan fingerprint density at radius 2 is 1.96 bits per heavy atom. The van der Waals surface area contributed by atoms with Crippen molar-refractivity contribution in [3.63, 3.8) is 0 Å². The molecule has 0 aliphatic heterocycles. The van der Waals surface area contributed by atoms with Crippen LogP contribution in [0.5, 0.6) is 0 Å². The van der Waals surface area contributed by atoms with Crippen molar-refractivity contribution in [1.82, 2.24) is 20.3 Å². The number of nitrogens with one attached hydrogen (secondary N) is 1. The number of hydrogen-bond acceptors (Lipinski definition) is 5. The van der Waals surface area contributed by atoms with Gasteiger partial charge in [-0.15, -0.1) is 16.7 Å². The van der Waals surface area contributed by atoms with E-state index in [1.807, 2.05) is 6.92 Å². The van der Waals surface area contributed by atoms with Crippen LogP contribution in [0, 0.1) is 0 Å². The molecule has 0 saturated carbocycles. The minimum Gasteiger partial charge on any atom is -0.461 e. The Kier molecular flexibility index (Phi) is 5.70. The number of alkyl halides is 1. The third kappa shape index (κ3) is 3.68. The van der Waals surface area contributed by atoms with E-state index >= 15 is 0 Å². The average Bonchev–Trinajstić information content (AvgIpc) is 2.99. The topological polar surface area (TPSA) is 86.1 Å². The van der Waals surface area contributed by atoms with Gasteiger partial charge in [0.05, 0.1) is 23.9 Å². The van der Waals surface area contributed by atoms with E-state index in [1.54, 1.807) is 31.2 Å². The number of benzene rings is 1. The highest BCUT2D eigenvalue weighted by Gasteiger charge is 2.21. The molecule has 0 aliphatic rings. The van der Waals surface area contributed by atoms with Gasteiger partial charge in [-0.05, 0) is 38.1 Å². The van der Waals surface area contributed by atoms with Crippen molar-refractivity contribution < 1.29 is 14.3 Å².